The summed E-state index contributed by atoms with van der Waals surface area (Å²) in [5.41, 5.74) is 0. The van der Waals surface area contributed by atoms with Gasteiger partial charge in [-0.05, 0) is 25.7 Å². The molecule has 0 aromatic heterocycles. The van der Waals surface area contributed by atoms with Gasteiger partial charge in [0.15, 0.2) is 0 Å². The van der Waals surface area contributed by atoms with Gasteiger partial charge in [0.25, 0.3) is 0 Å². The number of hydrogen-bond acceptors (Lipinski definition) is 2. The molecule has 0 spiro atoms. The van der Waals surface area contributed by atoms with Crippen molar-refractivity contribution in [3.8, 4) is 0 Å². The molecule has 0 bridgehead atoms. The smallest absolute Gasteiger partial charge is 0.326 e. The Morgan fingerprint density at radius 2 is 2.25 bits per heavy atom. The van der Waals surface area contributed by atoms with Crippen molar-refractivity contribution < 1.29 is 14.7 Å². The van der Waals surface area contributed by atoms with Crippen LogP contribution in [0.2, 0.25) is 0 Å². The second-order valence-electron chi connectivity index (χ2n) is 3.85. The second-order valence-corrected chi connectivity index (χ2v) is 3.85. The molecule has 0 aliphatic carbocycles. The van der Waals surface area contributed by atoms with Gasteiger partial charge in [0.2, 0.25) is 0 Å². The van der Waals surface area contributed by atoms with Crippen molar-refractivity contribution in [1.82, 2.24) is 10.2 Å². The first-order chi connectivity index (χ1) is 7.66. The van der Waals surface area contributed by atoms with Crippen LogP contribution in [0.5, 0.6) is 0 Å². The summed E-state index contributed by atoms with van der Waals surface area (Å²) in [6.45, 7) is 4.58. The minimum Gasteiger partial charge on any atom is -0.480 e. The number of hydrogen-bond donors (Lipinski definition) is 2. The monoisotopic (exact) mass is 226 g/mol. The molecule has 0 aromatic rings. The van der Waals surface area contributed by atoms with E-state index < -0.39 is 12.0 Å². The Balaban J connectivity index is 2.50. The quantitative estimate of drug-likeness (QED) is 0.559. The first kappa shape index (κ1) is 12.5. The fourth-order valence-electron chi connectivity index (χ4n) is 1.81. The van der Waals surface area contributed by atoms with Gasteiger partial charge in [-0.1, -0.05) is 6.08 Å². The zero-order chi connectivity index (χ0) is 12.0. The number of carboxylic acids is 1. The summed E-state index contributed by atoms with van der Waals surface area (Å²) in [6, 6.07) is -0.952. The molecule has 1 atom stereocenters. The summed E-state index contributed by atoms with van der Waals surface area (Å²) in [4.78, 5) is 24.1. The van der Waals surface area contributed by atoms with Crippen LogP contribution in [-0.2, 0) is 4.79 Å². The fourth-order valence-corrected chi connectivity index (χ4v) is 1.81. The molecule has 1 heterocycles. The Morgan fingerprint density at radius 3 is 2.88 bits per heavy atom. The van der Waals surface area contributed by atoms with Crippen molar-refractivity contribution in [2.24, 2.45) is 0 Å². The number of nitrogens with one attached hydrogen (secondary N) is 1. The predicted octanol–water partition coefficient (Wildman–Crippen LogP) is 1.21. The highest BCUT2D eigenvalue weighted by atomic mass is 16.4. The number of nitrogens with zero attached hydrogens (tertiary/aromatic N) is 1. The highest BCUT2D eigenvalue weighted by Crippen LogP contribution is 2.17. The minimum atomic E-state index is -0.918. The van der Waals surface area contributed by atoms with Crippen LogP contribution in [0.25, 0.3) is 0 Å². The number of aliphatic carboxylic acids is 1. The number of piperidine rings is 1. The van der Waals surface area contributed by atoms with Crippen molar-refractivity contribution in [1.29, 1.82) is 0 Å². The van der Waals surface area contributed by atoms with E-state index in [1.807, 2.05) is 0 Å². The van der Waals surface area contributed by atoms with Crippen molar-refractivity contribution in [3.63, 3.8) is 0 Å². The lowest BCUT2D eigenvalue weighted by Crippen LogP contribution is -2.52. The zero-order valence-electron chi connectivity index (χ0n) is 9.32. The van der Waals surface area contributed by atoms with Gasteiger partial charge in [-0.3, -0.25) is 0 Å². The molecule has 1 unspecified atom stereocenters. The Hall–Kier alpha value is -1.52. The Bertz CT molecular complexity index is 278. The molecule has 1 aliphatic rings. The van der Waals surface area contributed by atoms with E-state index in [1.54, 1.807) is 6.08 Å². The first-order valence-electron chi connectivity index (χ1n) is 5.55. The van der Waals surface area contributed by atoms with Gasteiger partial charge in [-0.2, -0.15) is 0 Å². The highest BCUT2D eigenvalue weighted by Gasteiger charge is 2.31. The van der Waals surface area contributed by atoms with Crippen molar-refractivity contribution >= 4 is 12.0 Å². The van der Waals surface area contributed by atoms with E-state index in [1.165, 1.54) is 4.90 Å². The molecule has 5 heteroatoms. The normalized spacial score (nSPS) is 20.2. The number of likely N-dealkylation sites (tertiary alicyclic amines) is 1. The van der Waals surface area contributed by atoms with Crippen LogP contribution in [0.15, 0.2) is 12.7 Å². The third-order valence-electron chi connectivity index (χ3n) is 2.67. The number of rotatable bonds is 4. The summed E-state index contributed by atoms with van der Waals surface area (Å²) in [6.07, 6.45) is 4.69. The molecular weight excluding hydrogens is 208 g/mol. The fraction of sp³-hybridized carbons (Fsp3) is 0.636. The van der Waals surface area contributed by atoms with Crippen LogP contribution in [-0.4, -0.2) is 41.1 Å². The number of urea groups is 1. The van der Waals surface area contributed by atoms with Crippen LogP contribution in [0.1, 0.15) is 25.7 Å². The van der Waals surface area contributed by atoms with E-state index in [0.29, 0.717) is 25.9 Å². The molecule has 1 rings (SSSR count). The summed E-state index contributed by atoms with van der Waals surface area (Å²) in [7, 11) is 0. The molecule has 16 heavy (non-hydrogen) atoms. The number of amides is 2. The number of carboxylic acid groups (broad SMARTS) is 1. The standard InChI is InChI=1S/C11H18N2O3/c1-2-3-7-12-11(16)13-8-5-4-6-9(13)10(14)15/h2,9H,1,3-8H2,(H,12,16)(H,14,15). The summed E-state index contributed by atoms with van der Waals surface area (Å²) < 4.78 is 0. The molecule has 5 nitrogen and oxygen atoms in total. The molecule has 0 aromatic carbocycles. The lowest BCUT2D eigenvalue weighted by Gasteiger charge is -2.32. The van der Waals surface area contributed by atoms with Gasteiger partial charge in [-0.25, -0.2) is 9.59 Å². The van der Waals surface area contributed by atoms with E-state index in [2.05, 4.69) is 11.9 Å². The Labute approximate surface area is 95.1 Å². The van der Waals surface area contributed by atoms with Gasteiger partial charge in [0.05, 0.1) is 0 Å². The van der Waals surface area contributed by atoms with E-state index >= 15 is 0 Å². The molecule has 1 saturated heterocycles. The molecule has 1 aliphatic heterocycles. The largest absolute Gasteiger partial charge is 0.480 e. The molecule has 0 saturated carbocycles. The molecular formula is C11H18N2O3. The van der Waals surface area contributed by atoms with E-state index in [0.717, 1.165) is 12.8 Å². The van der Waals surface area contributed by atoms with Gasteiger partial charge >= 0.3 is 12.0 Å². The molecule has 2 N–H and O–H groups in total. The SMILES string of the molecule is C=CCCNC(=O)N1CCCCC1C(=O)O. The molecule has 0 radical (unpaired) electrons. The average molecular weight is 226 g/mol. The third kappa shape index (κ3) is 3.25. The molecule has 2 amide bonds. The van der Waals surface area contributed by atoms with Gasteiger partial charge < -0.3 is 15.3 Å². The number of carbonyl (C=O) groups is 2. The third-order valence-corrected chi connectivity index (χ3v) is 2.67. The summed E-state index contributed by atoms with van der Waals surface area (Å²) >= 11 is 0. The summed E-state index contributed by atoms with van der Waals surface area (Å²) in [5, 5.41) is 11.7. The van der Waals surface area contributed by atoms with Gasteiger partial charge in [0.1, 0.15) is 6.04 Å². The van der Waals surface area contributed by atoms with Crippen LogP contribution in [0.3, 0.4) is 0 Å². The minimum absolute atomic E-state index is 0.283. The maximum absolute atomic E-state index is 11.7. The highest BCUT2D eigenvalue weighted by molar-refractivity contribution is 5.82. The van der Waals surface area contributed by atoms with Crippen molar-refractivity contribution in [3.05, 3.63) is 12.7 Å². The van der Waals surface area contributed by atoms with E-state index in [-0.39, 0.29) is 6.03 Å². The van der Waals surface area contributed by atoms with Crippen LogP contribution in [0, 0.1) is 0 Å². The topological polar surface area (TPSA) is 69.6 Å². The van der Waals surface area contributed by atoms with Gasteiger partial charge in [0, 0.05) is 13.1 Å². The summed E-state index contributed by atoms with van der Waals surface area (Å²) in [5.74, 6) is -0.918. The van der Waals surface area contributed by atoms with Crippen molar-refractivity contribution in [2.75, 3.05) is 13.1 Å². The predicted molar refractivity (Wildman–Crippen MR) is 60.2 cm³/mol. The zero-order valence-corrected chi connectivity index (χ0v) is 9.32. The maximum atomic E-state index is 11.7. The van der Waals surface area contributed by atoms with E-state index in [4.69, 9.17) is 5.11 Å². The maximum Gasteiger partial charge on any atom is 0.326 e. The Kier molecular flexibility index (Phi) is 4.82. The average Bonchev–Trinajstić information content (AvgIpc) is 2.29. The Morgan fingerprint density at radius 1 is 1.50 bits per heavy atom. The number of carbonyl (C=O) groups excluding carboxylic acids is 1. The van der Waals surface area contributed by atoms with Crippen molar-refractivity contribution in [2.45, 2.75) is 31.7 Å². The molecule has 1 fully saturated rings. The molecule has 90 valence electrons. The van der Waals surface area contributed by atoms with E-state index in [9.17, 15) is 9.59 Å². The first-order valence-corrected chi connectivity index (χ1v) is 5.55. The van der Waals surface area contributed by atoms with Crippen LogP contribution < -0.4 is 5.32 Å². The van der Waals surface area contributed by atoms with Crippen LogP contribution >= 0.6 is 0 Å². The lowest BCUT2D eigenvalue weighted by molar-refractivity contribution is -0.143. The second kappa shape index (κ2) is 6.15. The van der Waals surface area contributed by atoms with Crippen LogP contribution in [0.4, 0.5) is 4.79 Å². The van der Waals surface area contributed by atoms with Gasteiger partial charge in [-0.15, -0.1) is 6.58 Å². The lowest BCUT2D eigenvalue weighted by atomic mass is 10.0.